The number of likely N-dealkylation sites (tertiary alicyclic amines) is 1. The third kappa shape index (κ3) is 3.97. The van der Waals surface area contributed by atoms with E-state index >= 15 is 0 Å². The first kappa shape index (κ1) is 16.6. The van der Waals surface area contributed by atoms with Crippen molar-refractivity contribution < 1.29 is 18.4 Å². The smallest absolute Gasteiger partial charge is 0.310 e. The van der Waals surface area contributed by atoms with Gasteiger partial charge in [0.2, 0.25) is 11.7 Å². The number of esters is 1. The lowest BCUT2D eigenvalue weighted by Crippen LogP contribution is -2.39. The predicted molar refractivity (Wildman–Crippen MR) is 84.3 cm³/mol. The second-order valence-corrected chi connectivity index (χ2v) is 5.84. The van der Waals surface area contributed by atoms with Crippen LogP contribution in [0.5, 0.6) is 0 Å². The molecule has 0 radical (unpaired) electrons. The van der Waals surface area contributed by atoms with Crippen LogP contribution < -0.4 is 0 Å². The maximum Gasteiger partial charge on any atom is 0.310 e. The molecule has 1 fully saturated rings. The molecule has 24 heavy (non-hydrogen) atoms. The van der Waals surface area contributed by atoms with Crippen LogP contribution in [0.25, 0.3) is 11.4 Å². The van der Waals surface area contributed by atoms with E-state index in [1.807, 2.05) is 6.92 Å². The Labute approximate surface area is 139 Å². The molecule has 1 aliphatic rings. The molecule has 1 saturated heterocycles. The number of rotatable bonds is 5. The lowest BCUT2D eigenvalue weighted by atomic mass is 9.98. The highest BCUT2D eigenvalue weighted by atomic mass is 19.1. The third-order valence-electron chi connectivity index (χ3n) is 4.05. The van der Waals surface area contributed by atoms with E-state index in [4.69, 9.17) is 9.26 Å². The van der Waals surface area contributed by atoms with Gasteiger partial charge in [0.1, 0.15) is 5.82 Å². The first-order valence-corrected chi connectivity index (χ1v) is 8.13. The number of carbonyl (C=O) groups is 1. The Kier molecular flexibility index (Phi) is 5.20. The molecule has 1 atom stereocenters. The molecule has 2 aromatic rings. The van der Waals surface area contributed by atoms with E-state index in [2.05, 4.69) is 15.0 Å². The fourth-order valence-corrected chi connectivity index (χ4v) is 2.88. The zero-order valence-corrected chi connectivity index (χ0v) is 13.6. The van der Waals surface area contributed by atoms with Gasteiger partial charge >= 0.3 is 5.97 Å². The molecule has 0 saturated carbocycles. The summed E-state index contributed by atoms with van der Waals surface area (Å²) in [7, 11) is 0. The van der Waals surface area contributed by atoms with E-state index in [0.717, 1.165) is 19.4 Å². The lowest BCUT2D eigenvalue weighted by molar-refractivity contribution is -0.150. The molecule has 128 valence electrons. The Bertz CT molecular complexity index is 687. The van der Waals surface area contributed by atoms with Crippen molar-refractivity contribution in [2.45, 2.75) is 26.3 Å². The van der Waals surface area contributed by atoms with Crippen molar-refractivity contribution in [2.75, 3.05) is 19.7 Å². The number of benzene rings is 1. The summed E-state index contributed by atoms with van der Waals surface area (Å²) in [6.07, 6.45) is 1.78. The first-order valence-electron chi connectivity index (χ1n) is 8.13. The number of piperidine rings is 1. The van der Waals surface area contributed by atoms with Gasteiger partial charge in [0, 0.05) is 12.1 Å². The zero-order valence-electron chi connectivity index (χ0n) is 13.6. The highest BCUT2D eigenvalue weighted by Gasteiger charge is 2.27. The van der Waals surface area contributed by atoms with Gasteiger partial charge in [-0.15, -0.1) is 0 Å². The van der Waals surface area contributed by atoms with E-state index in [-0.39, 0.29) is 17.7 Å². The van der Waals surface area contributed by atoms with Gasteiger partial charge in [0.15, 0.2) is 0 Å². The normalized spacial score (nSPS) is 18.5. The Morgan fingerprint density at radius 2 is 2.21 bits per heavy atom. The number of aromatic nitrogens is 2. The quantitative estimate of drug-likeness (QED) is 0.784. The summed E-state index contributed by atoms with van der Waals surface area (Å²) in [4.78, 5) is 18.4. The van der Waals surface area contributed by atoms with E-state index in [0.29, 0.717) is 37.0 Å². The topological polar surface area (TPSA) is 68.5 Å². The SMILES string of the molecule is CCOC(=O)C1CCCN(Cc2nc(-c3ccc(F)cc3)no2)C1. The van der Waals surface area contributed by atoms with Crippen LogP contribution in [0.2, 0.25) is 0 Å². The molecule has 3 rings (SSSR count). The number of carbonyl (C=O) groups excluding carboxylic acids is 1. The minimum atomic E-state index is -0.305. The van der Waals surface area contributed by atoms with Crippen molar-refractivity contribution >= 4 is 5.97 Å². The molecule has 0 aliphatic carbocycles. The summed E-state index contributed by atoms with van der Waals surface area (Å²) in [5.74, 6) is 0.376. The minimum Gasteiger partial charge on any atom is -0.466 e. The van der Waals surface area contributed by atoms with Crippen LogP contribution in [0.4, 0.5) is 4.39 Å². The van der Waals surface area contributed by atoms with Gasteiger partial charge in [-0.1, -0.05) is 5.16 Å². The molecular weight excluding hydrogens is 313 g/mol. The molecule has 2 heterocycles. The van der Waals surface area contributed by atoms with Crippen LogP contribution in [-0.4, -0.2) is 40.7 Å². The molecule has 1 aliphatic heterocycles. The van der Waals surface area contributed by atoms with Crippen molar-refractivity contribution in [3.63, 3.8) is 0 Å². The van der Waals surface area contributed by atoms with Crippen molar-refractivity contribution in [3.05, 3.63) is 36.0 Å². The summed E-state index contributed by atoms with van der Waals surface area (Å²) >= 11 is 0. The predicted octanol–water partition coefficient (Wildman–Crippen LogP) is 2.65. The van der Waals surface area contributed by atoms with Gasteiger partial charge in [-0.3, -0.25) is 9.69 Å². The second-order valence-electron chi connectivity index (χ2n) is 5.84. The summed E-state index contributed by atoms with van der Waals surface area (Å²) in [6, 6.07) is 5.95. The summed E-state index contributed by atoms with van der Waals surface area (Å²) < 4.78 is 23.4. The number of halogens is 1. The van der Waals surface area contributed by atoms with Crippen LogP contribution in [0.3, 0.4) is 0 Å². The maximum atomic E-state index is 13.0. The highest BCUT2D eigenvalue weighted by Crippen LogP contribution is 2.21. The minimum absolute atomic E-state index is 0.0989. The van der Waals surface area contributed by atoms with Gasteiger partial charge in [0.05, 0.1) is 19.1 Å². The van der Waals surface area contributed by atoms with E-state index in [1.54, 1.807) is 12.1 Å². The Morgan fingerprint density at radius 3 is 2.96 bits per heavy atom. The van der Waals surface area contributed by atoms with Gasteiger partial charge in [-0.2, -0.15) is 4.98 Å². The molecular formula is C17H20FN3O3. The van der Waals surface area contributed by atoms with Crippen molar-refractivity contribution in [2.24, 2.45) is 5.92 Å². The zero-order chi connectivity index (χ0) is 16.9. The number of hydrogen-bond donors (Lipinski definition) is 0. The number of ether oxygens (including phenoxy) is 1. The van der Waals surface area contributed by atoms with E-state index < -0.39 is 0 Å². The second kappa shape index (κ2) is 7.53. The summed E-state index contributed by atoms with van der Waals surface area (Å²) in [5, 5.41) is 3.94. The van der Waals surface area contributed by atoms with Crippen molar-refractivity contribution in [3.8, 4) is 11.4 Å². The first-order chi connectivity index (χ1) is 11.7. The number of hydrogen-bond acceptors (Lipinski definition) is 6. The van der Waals surface area contributed by atoms with Crippen LogP contribution in [-0.2, 0) is 16.1 Å². The van der Waals surface area contributed by atoms with Crippen LogP contribution in [0.1, 0.15) is 25.7 Å². The maximum absolute atomic E-state index is 13.0. The highest BCUT2D eigenvalue weighted by molar-refractivity contribution is 5.72. The van der Waals surface area contributed by atoms with E-state index in [9.17, 15) is 9.18 Å². The molecule has 1 aromatic heterocycles. The average Bonchev–Trinajstić information content (AvgIpc) is 3.04. The molecule has 0 bridgehead atoms. The Balaban J connectivity index is 1.62. The van der Waals surface area contributed by atoms with Crippen molar-refractivity contribution in [1.29, 1.82) is 0 Å². The van der Waals surface area contributed by atoms with Crippen LogP contribution in [0.15, 0.2) is 28.8 Å². The molecule has 0 amide bonds. The van der Waals surface area contributed by atoms with Crippen LogP contribution >= 0.6 is 0 Å². The summed E-state index contributed by atoms with van der Waals surface area (Å²) in [6.45, 7) is 4.22. The van der Waals surface area contributed by atoms with Gasteiger partial charge in [-0.05, 0) is 50.6 Å². The average molecular weight is 333 g/mol. The van der Waals surface area contributed by atoms with Crippen LogP contribution in [0, 0.1) is 11.7 Å². The van der Waals surface area contributed by atoms with Crippen molar-refractivity contribution in [1.82, 2.24) is 15.0 Å². The lowest BCUT2D eigenvalue weighted by Gasteiger charge is -2.30. The van der Waals surface area contributed by atoms with Gasteiger partial charge < -0.3 is 9.26 Å². The largest absolute Gasteiger partial charge is 0.466 e. The molecule has 0 N–H and O–H groups in total. The fourth-order valence-electron chi connectivity index (χ4n) is 2.88. The Hall–Kier alpha value is -2.28. The fraction of sp³-hybridized carbons (Fsp3) is 0.471. The van der Waals surface area contributed by atoms with Gasteiger partial charge in [0.25, 0.3) is 0 Å². The Morgan fingerprint density at radius 1 is 1.42 bits per heavy atom. The molecule has 7 heteroatoms. The monoisotopic (exact) mass is 333 g/mol. The van der Waals surface area contributed by atoms with E-state index in [1.165, 1.54) is 12.1 Å². The third-order valence-corrected chi connectivity index (χ3v) is 4.05. The number of nitrogens with zero attached hydrogens (tertiary/aromatic N) is 3. The molecule has 1 unspecified atom stereocenters. The molecule has 0 spiro atoms. The molecule has 1 aromatic carbocycles. The molecule has 6 nitrogen and oxygen atoms in total. The summed E-state index contributed by atoms with van der Waals surface area (Å²) in [5.41, 5.74) is 0.703. The standard InChI is InChI=1S/C17H20FN3O3/c1-2-23-17(22)13-4-3-9-21(10-13)11-15-19-16(20-24-15)12-5-7-14(18)8-6-12/h5-8,13H,2-4,9-11H2,1H3. The van der Waals surface area contributed by atoms with Gasteiger partial charge in [-0.25, -0.2) is 4.39 Å².